The number of nitrogens with zero attached hydrogens (tertiary/aromatic N) is 1. The maximum atomic E-state index is 11.4. The third-order valence-corrected chi connectivity index (χ3v) is 3.98. The van der Waals surface area contributed by atoms with E-state index in [1.807, 2.05) is 25.2 Å². The number of hydrogen-bond donors (Lipinski definition) is 2. The highest BCUT2D eigenvalue weighted by atomic mass is 16.1. The van der Waals surface area contributed by atoms with Crippen LogP contribution in [0, 0.1) is 0 Å². The van der Waals surface area contributed by atoms with E-state index in [9.17, 15) is 4.79 Å². The third kappa shape index (κ3) is 2.48. The van der Waals surface area contributed by atoms with Crippen molar-refractivity contribution in [3.63, 3.8) is 0 Å². The van der Waals surface area contributed by atoms with Crippen LogP contribution in [0.1, 0.15) is 30.1 Å². The number of nitrogens with two attached hydrogens (primary N) is 1. The van der Waals surface area contributed by atoms with Crippen LogP contribution < -0.4 is 16.0 Å². The molecule has 0 radical (unpaired) electrons. The monoisotopic (exact) mass is 247 g/mol. The van der Waals surface area contributed by atoms with Crippen LogP contribution in [0.3, 0.4) is 0 Å². The first-order valence-corrected chi connectivity index (χ1v) is 6.38. The first-order valence-electron chi connectivity index (χ1n) is 6.38. The molecule has 98 valence electrons. The van der Waals surface area contributed by atoms with Gasteiger partial charge in [0.15, 0.2) is 0 Å². The second-order valence-electron chi connectivity index (χ2n) is 5.18. The molecule has 0 spiro atoms. The molecule has 1 aliphatic rings. The number of para-hydroxylation sites is 1. The number of nitrogens with one attached hydrogen (secondary N) is 1. The van der Waals surface area contributed by atoms with Crippen LogP contribution in [-0.4, -0.2) is 31.6 Å². The van der Waals surface area contributed by atoms with E-state index < -0.39 is 0 Å². The van der Waals surface area contributed by atoms with E-state index in [0.29, 0.717) is 5.56 Å². The minimum absolute atomic E-state index is 0.207. The van der Waals surface area contributed by atoms with Crippen molar-refractivity contribution in [2.75, 3.05) is 25.0 Å². The van der Waals surface area contributed by atoms with Gasteiger partial charge in [-0.3, -0.25) is 4.79 Å². The van der Waals surface area contributed by atoms with Crippen molar-refractivity contribution in [2.24, 2.45) is 5.73 Å². The minimum Gasteiger partial charge on any atom is -0.371 e. The predicted molar refractivity (Wildman–Crippen MR) is 73.9 cm³/mol. The predicted octanol–water partition coefficient (Wildman–Crippen LogP) is 1.36. The Hall–Kier alpha value is -1.55. The van der Waals surface area contributed by atoms with Crippen molar-refractivity contribution in [3.05, 3.63) is 29.8 Å². The molecule has 1 aliphatic heterocycles. The van der Waals surface area contributed by atoms with E-state index in [1.54, 1.807) is 6.07 Å². The van der Waals surface area contributed by atoms with Crippen LogP contribution >= 0.6 is 0 Å². The van der Waals surface area contributed by atoms with Crippen LogP contribution in [-0.2, 0) is 0 Å². The Labute approximate surface area is 108 Å². The summed E-state index contributed by atoms with van der Waals surface area (Å²) in [6, 6.07) is 7.57. The summed E-state index contributed by atoms with van der Waals surface area (Å²) in [7, 11) is 2.01. The molecule has 0 atom stereocenters. The SMILES string of the molecule is CNC1(C)CCN(c2ccccc2C(N)=O)CC1. The van der Waals surface area contributed by atoms with Crippen molar-refractivity contribution >= 4 is 11.6 Å². The van der Waals surface area contributed by atoms with E-state index >= 15 is 0 Å². The zero-order valence-electron chi connectivity index (χ0n) is 11.1. The highest BCUT2D eigenvalue weighted by Gasteiger charge is 2.29. The van der Waals surface area contributed by atoms with E-state index in [0.717, 1.165) is 31.6 Å². The maximum Gasteiger partial charge on any atom is 0.250 e. The average Bonchev–Trinajstić information content (AvgIpc) is 2.39. The van der Waals surface area contributed by atoms with Crippen LogP contribution in [0.15, 0.2) is 24.3 Å². The van der Waals surface area contributed by atoms with Crippen LogP contribution in [0.5, 0.6) is 0 Å². The maximum absolute atomic E-state index is 11.4. The number of benzene rings is 1. The summed E-state index contributed by atoms with van der Waals surface area (Å²) in [5.74, 6) is -0.354. The first kappa shape index (κ1) is 12.9. The molecule has 0 saturated carbocycles. The lowest BCUT2D eigenvalue weighted by molar-refractivity contribution is 0.100. The fourth-order valence-electron chi connectivity index (χ4n) is 2.45. The molecule has 0 bridgehead atoms. The topological polar surface area (TPSA) is 58.4 Å². The smallest absolute Gasteiger partial charge is 0.250 e. The van der Waals surface area contributed by atoms with Gasteiger partial charge in [-0.2, -0.15) is 0 Å². The number of rotatable bonds is 3. The lowest BCUT2D eigenvalue weighted by atomic mass is 9.89. The van der Waals surface area contributed by atoms with Gasteiger partial charge in [-0.05, 0) is 38.9 Å². The normalized spacial score (nSPS) is 18.7. The molecule has 1 heterocycles. The van der Waals surface area contributed by atoms with E-state index in [2.05, 4.69) is 17.1 Å². The van der Waals surface area contributed by atoms with Gasteiger partial charge < -0.3 is 16.0 Å². The summed E-state index contributed by atoms with van der Waals surface area (Å²) in [5.41, 5.74) is 7.21. The number of piperidine rings is 1. The Morgan fingerprint density at radius 2 is 1.94 bits per heavy atom. The second-order valence-corrected chi connectivity index (χ2v) is 5.18. The Morgan fingerprint density at radius 3 is 2.50 bits per heavy atom. The fraction of sp³-hybridized carbons (Fsp3) is 0.500. The van der Waals surface area contributed by atoms with Gasteiger partial charge in [0.25, 0.3) is 5.91 Å². The molecule has 1 aromatic rings. The summed E-state index contributed by atoms with van der Waals surface area (Å²) in [4.78, 5) is 13.7. The van der Waals surface area contributed by atoms with Gasteiger partial charge in [-0.1, -0.05) is 12.1 Å². The molecule has 4 heteroatoms. The largest absolute Gasteiger partial charge is 0.371 e. The molecular formula is C14H21N3O. The van der Waals surface area contributed by atoms with Crippen LogP contribution in [0.4, 0.5) is 5.69 Å². The van der Waals surface area contributed by atoms with Crippen molar-refractivity contribution < 1.29 is 4.79 Å². The zero-order valence-corrected chi connectivity index (χ0v) is 11.1. The molecule has 0 aromatic heterocycles. The van der Waals surface area contributed by atoms with E-state index in [-0.39, 0.29) is 11.4 Å². The van der Waals surface area contributed by atoms with Crippen LogP contribution in [0.2, 0.25) is 0 Å². The number of carbonyl (C=O) groups is 1. The molecule has 0 unspecified atom stereocenters. The van der Waals surface area contributed by atoms with Gasteiger partial charge in [0.1, 0.15) is 0 Å². The van der Waals surface area contributed by atoms with Crippen molar-refractivity contribution in [3.8, 4) is 0 Å². The molecule has 3 N–H and O–H groups in total. The lowest BCUT2D eigenvalue weighted by Gasteiger charge is -2.40. The molecular weight excluding hydrogens is 226 g/mol. The summed E-state index contributed by atoms with van der Waals surface area (Å²) in [6.07, 6.45) is 2.13. The molecule has 4 nitrogen and oxygen atoms in total. The molecule has 0 aliphatic carbocycles. The fourth-order valence-corrected chi connectivity index (χ4v) is 2.45. The van der Waals surface area contributed by atoms with Gasteiger partial charge in [0.2, 0.25) is 0 Å². The summed E-state index contributed by atoms with van der Waals surface area (Å²) >= 11 is 0. The van der Waals surface area contributed by atoms with Crippen LogP contribution in [0.25, 0.3) is 0 Å². The highest BCUT2D eigenvalue weighted by Crippen LogP contribution is 2.27. The van der Waals surface area contributed by atoms with Gasteiger partial charge in [0, 0.05) is 24.3 Å². The number of hydrogen-bond acceptors (Lipinski definition) is 3. The van der Waals surface area contributed by atoms with Gasteiger partial charge in [0.05, 0.1) is 5.56 Å². The van der Waals surface area contributed by atoms with Gasteiger partial charge in [-0.25, -0.2) is 0 Å². The standard InChI is InChI=1S/C14H21N3O/c1-14(16-2)7-9-17(10-8-14)12-6-4-3-5-11(12)13(15)18/h3-6,16H,7-10H2,1-2H3,(H2,15,18). The molecule has 2 rings (SSSR count). The number of anilines is 1. The van der Waals surface area contributed by atoms with Crippen molar-refractivity contribution in [2.45, 2.75) is 25.3 Å². The summed E-state index contributed by atoms with van der Waals surface area (Å²) in [6.45, 7) is 4.13. The zero-order chi connectivity index (χ0) is 13.2. The van der Waals surface area contributed by atoms with Crippen molar-refractivity contribution in [1.82, 2.24) is 5.32 Å². The third-order valence-electron chi connectivity index (χ3n) is 3.98. The van der Waals surface area contributed by atoms with Gasteiger partial charge >= 0.3 is 0 Å². The molecule has 1 aromatic carbocycles. The molecule has 18 heavy (non-hydrogen) atoms. The quantitative estimate of drug-likeness (QED) is 0.848. The van der Waals surface area contributed by atoms with E-state index in [4.69, 9.17) is 5.73 Å². The molecule has 1 fully saturated rings. The number of carbonyl (C=O) groups excluding carboxylic acids is 1. The highest BCUT2D eigenvalue weighted by molar-refractivity contribution is 5.98. The summed E-state index contributed by atoms with van der Waals surface area (Å²) in [5, 5.41) is 3.37. The molecule has 1 amide bonds. The van der Waals surface area contributed by atoms with E-state index in [1.165, 1.54) is 0 Å². The average molecular weight is 247 g/mol. The lowest BCUT2D eigenvalue weighted by Crippen LogP contribution is -2.50. The number of primary amides is 1. The summed E-state index contributed by atoms with van der Waals surface area (Å²) < 4.78 is 0. The Kier molecular flexibility index (Phi) is 3.57. The minimum atomic E-state index is -0.354. The first-order chi connectivity index (χ1) is 8.56. The molecule has 1 saturated heterocycles. The number of amides is 1. The Balaban J connectivity index is 2.17. The second kappa shape index (κ2) is 4.98. The van der Waals surface area contributed by atoms with Gasteiger partial charge in [-0.15, -0.1) is 0 Å². The van der Waals surface area contributed by atoms with Crippen molar-refractivity contribution in [1.29, 1.82) is 0 Å². The Morgan fingerprint density at radius 1 is 1.33 bits per heavy atom. The Bertz CT molecular complexity index is 436.